The Morgan fingerprint density at radius 2 is 1.06 bits per heavy atom. The zero-order chi connectivity index (χ0) is 12.6. The Morgan fingerprint density at radius 1 is 0.667 bits per heavy atom. The zero-order valence-corrected chi connectivity index (χ0v) is 10.00. The molecule has 3 rings (SSSR count). The molecule has 0 saturated heterocycles. The van der Waals surface area contributed by atoms with Crippen LogP contribution in [0, 0.1) is 11.6 Å². The highest BCUT2D eigenvalue weighted by molar-refractivity contribution is 5.41. The van der Waals surface area contributed by atoms with Crippen molar-refractivity contribution >= 4 is 0 Å². The summed E-state index contributed by atoms with van der Waals surface area (Å²) in [6.07, 6.45) is 3.25. The molecule has 92 valence electrons. The second-order valence-electron chi connectivity index (χ2n) is 4.95. The first-order valence-corrected chi connectivity index (χ1v) is 6.23. The first-order valence-electron chi connectivity index (χ1n) is 6.23. The molecule has 1 aliphatic rings. The van der Waals surface area contributed by atoms with Gasteiger partial charge in [-0.05, 0) is 48.2 Å². The number of benzene rings is 2. The average molecular weight is 244 g/mol. The topological polar surface area (TPSA) is 0 Å². The van der Waals surface area contributed by atoms with Crippen molar-refractivity contribution in [3.8, 4) is 0 Å². The molecule has 18 heavy (non-hydrogen) atoms. The van der Waals surface area contributed by atoms with Crippen LogP contribution in [0.2, 0.25) is 0 Å². The van der Waals surface area contributed by atoms with E-state index in [9.17, 15) is 8.78 Å². The molecule has 0 heterocycles. The smallest absolute Gasteiger partial charge is 0.123 e. The molecule has 0 radical (unpaired) electrons. The SMILES string of the molecule is Fc1ccc(C2(c3ccc(F)cc3)CCC2)cc1. The normalized spacial score (nSPS) is 17.2. The van der Waals surface area contributed by atoms with Crippen LogP contribution in [0.4, 0.5) is 8.78 Å². The van der Waals surface area contributed by atoms with E-state index in [0.717, 1.165) is 30.4 Å². The van der Waals surface area contributed by atoms with E-state index in [4.69, 9.17) is 0 Å². The molecule has 1 fully saturated rings. The first-order chi connectivity index (χ1) is 8.71. The van der Waals surface area contributed by atoms with Crippen LogP contribution in [0.25, 0.3) is 0 Å². The standard InChI is InChI=1S/C16H14F2/c17-14-6-2-12(3-7-14)16(10-1-11-16)13-4-8-15(18)9-5-13/h2-9H,1,10-11H2. The quantitative estimate of drug-likeness (QED) is 0.732. The fraction of sp³-hybridized carbons (Fsp3) is 0.250. The van der Waals surface area contributed by atoms with Crippen molar-refractivity contribution in [1.82, 2.24) is 0 Å². The first kappa shape index (κ1) is 11.4. The van der Waals surface area contributed by atoms with E-state index in [1.54, 1.807) is 0 Å². The van der Waals surface area contributed by atoms with Crippen molar-refractivity contribution in [3.63, 3.8) is 0 Å². The summed E-state index contributed by atoms with van der Waals surface area (Å²) in [5.74, 6) is -0.431. The number of rotatable bonds is 2. The molecule has 0 aliphatic heterocycles. The summed E-state index contributed by atoms with van der Waals surface area (Å²) in [7, 11) is 0. The summed E-state index contributed by atoms with van der Waals surface area (Å²) >= 11 is 0. The maximum absolute atomic E-state index is 13.0. The fourth-order valence-corrected chi connectivity index (χ4v) is 2.81. The van der Waals surface area contributed by atoms with Crippen molar-refractivity contribution in [3.05, 3.63) is 71.3 Å². The Morgan fingerprint density at radius 3 is 1.33 bits per heavy atom. The van der Waals surface area contributed by atoms with E-state index in [0.29, 0.717) is 0 Å². The van der Waals surface area contributed by atoms with Crippen molar-refractivity contribution in [1.29, 1.82) is 0 Å². The molecule has 2 aromatic carbocycles. The van der Waals surface area contributed by atoms with Crippen molar-refractivity contribution in [2.75, 3.05) is 0 Å². The van der Waals surface area contributed by atoms with Crippen LogP contribution in [0.15, 0.2) is 48.5 Å². The predicted octanol–water partition coefficient (Wildman–Crippen LogP) is 4.43. The van der Waals surface area contributed by atoms with Crippen LogP contribution in [0.3, 0.4) is 0 Å². The molecule has 0 N–H and O–H groups in total. The summed E-state index contributed by atoms with van der Waals surface area (Å²) in [6.45, 7) is 0. The van der Waals surface area contributed by atoms with E-state index < -0.39 is 0 Å². The zero-order valence-electron chi connectivity index (χ0n) is 10.00. The Hall–Kier alpha value is -1.70. The van der Waals surface area contributed by atoms with Crippen LogP contribution in [0.1, 0.15) is 30.4 Å². The van der Waals surface area contributed by atoms with Gasteiger partial charge in [0.15, 0.2) is 0 Å². The molecule has 2 aromatic rings. The Balaban J connectivity index is 2.04. The van der Waals surface area contributed by atoms with Gasteiger partial charge in [0, 0.05) is 5.41 Å². The van der Waals surface area contributed by atoms with E-state index in [1.165, 1.54) is 24.3 Å². The molecule has 2 heteroatoms. The third-order valence-electron chi connectivity index (χ3n) is 4.00. The minimum Gasteiger partial charge on any atom is -0.207 e. The van der Waals surface area contributed by atoms with Gasteiger partial charge in [-0.25, -0.2) is 8.78 Å². The van der Waals surface area contributed by atoms with E-state index in [1.807, 2.05) is 24.3 Å². The number of hydrogen-bond acceptors (Lipinski definition) is 0. The average Bonchev–Trinajstić information content (AvgIpc) is 2.32. The molecule has 0 spiro atoms. The number of hydrogen-bond donors (Lipinski definition) is 0. The second-order valence-corrected chi connectivity index (χ2v) is 4.95. The maximum Gasteiger partial charge on any atom is 0.123 e. The minimum atomic E-state index is -0.215. The highest BCUT2D eigenvalue weighted by Crippen LogP contribution is 2.48. The van der Waals surface area contributed by atoms with Gasteiger partial charge in [0.05, 0.1) is 0 Å². The van der Waals surface area contributed by atoms with E-state index in [2.05, 4.69) is 0 Å². The lowest BCUT2D eigenvalue weighted by atomic mass is 9.60. The highest BCUT2D eigenvalue weighted by atomic mass is 19.1. The van der Waals surface area contributed by atoms with Crippen LogP contribution < -0.4 is 0 Å². The summed E-state index contributed by atoms with van der Waals surface area (Å²) in [6, 6.07) is 13.4. The fourth-order valence-electron chi connectivity index (χ4n) is 2.81. The predicted molar refractivity (Wildman–Crippen MR) is 67.4 cm³/mol. The Labute approximate surface area is 105 Å². The summed E-state index contributed by atoms with van der Waals surface area (Å²) in [4.78, 5) is 0. The summed E-state index contributed by atoms with van der Waals surface area (Å²) in [5, 5.41) is 0. The van der Waals surface area contributed by atoms with Gasteiger partial charge < -0.3 is 0 Å². The molecule has 0 amide bonds. The van der Waals surface area contributed by atoms with Crippen LogP contribution in [-0.2, 0) is 5.41 Å². The van der Waals surface area contributed by atoms with Gasteiger partial charge in [0.1, 0.15) is 11.6 Å². The van der Waals surface area contributed by atoms with Crippen molar-refractivity contribution in [2.45, 2.75) is 24.7 Å². The third-order valence-corrected chi connectivity index (χ3v) is 4.00. The molecule has 0 atom stereocenters. The molecular weight excluding hydrogens is 230 g/mol. The van der Waals surface area contributed by atoms with Crippen molar-refractivity contribution < 1.29 is 8.78 Å². The van der Waals surface area contributed by atoms with Gasteiger partial charge in [0.2, 0.25) is 0 Å². The molecule has 0 bridgehead atoms. The largest absolute Gasteiger partial charge is 0.207 e. The van der Waals surface area contributed by atoms with Gasteiger partial charge in [0.25, 0.3) is 0 Å². The van der Waals surface area contributed by atoms with Gasteiger partial charge >= 0.3 is 0 Å². The Kier molecular flexibility index (Phi) is 2.66. The molecule has 0 aromatic heterocycles. The maximum atomic E-state index is 13.0. The highest BCUT2D eigenvalue weighted by Gasteiger charge is 2.40. The van der Waals surface area contributed by atoms with E-state index >= 15 is 0 Å². The second kappa shape index (κ2) is 4.20. The van der Waals surface area contributed by atoms with Crippen LogP contribution >= 0.6 is 0 Å². The lowest BCUT2D eigenvalue weighted by Crippen LogP contribution is -2.35. The van der Waals surface area contributed by atoms with Crippen LogP contribution in [-0.4, -0.2) is 0 Å². The van der Waals surface area contributed by atoms with Gasteiger partial charge in [-0.3, -0.25) is 0 Å². The van der Waals surface area contributed by atoms with Gasteiger partial charge in [-0.1, -0.05) is 30.7 Å². The molecule has 1 aliphatic carbocycles. The molecule has 0 nitrogen and oxygen atoms in total. The van der Waals surface area contributed by atoms with Gasteiger partial charge in [-0.15, -0.1) is 0 Å². The monoisotopic (exact) mass is 244 g/mol. The Bertz CT molecular complexity index is 489. The molecule has 1 saturated carbocycles. The summed E-state index contributed by atoms with van der Waals surface area (Å²) in [5.41, 5.74) is 2.21. The van der Waals surface area contributed by atoms with Gasteiger partial charge in [-0.2, -0.15) is 0 Å². The van der Waals surface area contributed by atoms with Crippen molar-refractivity contribution in [2.24, 2.45) is 0 Å². The molecule has 0 unspecified atom stereocenters. The van der Waals surface area contributed by atoms with Crippen LogP contribution in [0.5, 0.6) is 0 Å². The number of halogens is 2. The third kappa shape index (κ3) is 1.72. The minimum absolute atomic E-state index is 0.0403. The summed E-state index contributed by atoms with van der Waals surface area (Å²) < 4.78 is 26.0. The lowest BCUT2D eigenvalue weighted by molar-refractivity contribution is 0.301. The van der Waals surface area contributed by atoms with E-state index in [-0.39, 0.29) is 17.0 Å². The lowest BCUT2D eigenvalue weighted by Gasteiger charge is -2.43. The molecular formula is C16H14F2.